The standard InChI is InChI=1S/2C21H17N3O/c2*25-21(18-14-23-19-9-5-4-8-17(18)19)20(15-6-2-1-3-7-15)24-16-10-12-22-13-11-16/h2*1-14,20,23H,(H,22,24). The number of nitrogens with one attached hydrogen (secondary N) is 4. The summed E-state index contributed by atoms with van der Waals surface area (Å²) in [6.07, 6.45) is 10.4. The number of aromatic nitrogens is 4. The molecule has 0 aliphatic heterocycles. The second kappa shape index (κ2) is 15.0. The van der Waals surface area contributed by atoms with Crippen molar-refractivity contribution < 1.29 is 9.59 Å². The van der Waals surface area contributed by atoms with Gasteiger partial charge < -0.3 is 20.6 Å². The first-order valence-corrected chi connectivity index (χ1v) is 16.3. The largest absolute Gasteiger partial charge is 0.371 e. The Morgan fingerprint density at radius 2 is 0.820 bits per heavy atom. The van der Waals surface area contributed by atoms with E-state index >= 15 is 0 Å². The first-order valence-electron chi connectivity index (χ1n) is 16.3. The number of benzene rings is 4. The number of nitrogens with zero attached hydrogens (tertiary/aromatic N) is 2. The van der Waals surface area contributed by atoms with Gasteiger partial charge >= 0.3 is 0 Å². The molecule has 8 aromatic rings. The minimum atomic E-state index is -0.470. The SMILES string of the molecule is O=C(c1c[nH]c2ccccc12)C(Nc1ccncc1)c1ccccc1.O=C(c1c[nH]c2ccccc12)C(Nc1ccncc1)c1ccccc1. The molecule has 0 radical (unpaired) electrons. The summed E-state index contributed by atoms with van der Waals surface area (Å²) in [6, 6.07) is 41.7. The first-order chi connectivity index (χ1) is 24.7. The average molecular weight is 655 g/mol. The van der Waals surface area contributed by atoms with Crippen LogP contribution in [0.15, 0.2) is 171 Å². The molecule has 244 valence electrons. The van der Waals surface area contributed by atoms with Gasteiger partial charge in [0.1, 0.15) is 12.1 Å². The van der Waals surface area contributed by atoms with E-state index in [4.69, 9.17) is 0 Å². The highest BCUT2D eigenvalue weighted by Gasteiger charge is 2.25. The molecule has 8 rings (SSSR count). The molecule has 8 heteroatoms. The van der Waals surface area contributed by atoms with E-state index in [1.807, 2.05) is 133 Å². The summed E-state index contributed by atoms with van der Waals surface area (Å²) in [6.45, 7) is 0. The lowest BCUT2D eigenvalue weighted by atomic mass is 9.96. The summed E-state index contributed by atoms with van der Waals surface area (Å²) in [7, 11) is 0. The predicted molar refractivity (Wildman–Crippen MR) is 199 cm³/mol. The molecule has 2 unspecified atom stereocenters. The van der Waals surface area contributed by atoms with Crippen LogP contribution >= 0.6 is 0 Å². The van der Waals surface area contributed by atoms with Crippen LogP contribution in [0.5, 0.6) is 0 Å². The molecule has 0 saturated carbocycles. The third-order valence-electron chi connectivity index (χ3n) is 8.48. The molecule has 0 saturated heterocycles. The molecule has 8 nitrogen and oxygen atoms in total. The Labute approximate surface area is 289 Å². The maximum absolute atomic E-state index is 13.3. The molecule has 4 N–H and O–H groups in total. The number of para-hydroxylation sites is 2. The van der Waals surface area contributed by atoms with E-state index in [0.717, 1.165) is 44.3 Å². The number of carbonyl (C=O) groups excluding carboxylic acids is 2. The number of rotatable bonds is 10. The number of H-pyrrole nitrogens is 2. The van der Waals surface area contributed by atoms with Crippen molar-refractivity contribution in [1.82, 2.24) is 19.9 Å². The number of ketones is 2. The number of anilines is 2. The highest BCUT2D eigenvalue weighted by Crippen LogP contribution is 2.29. The molecule has 0 spiro atoms. The number of carbonyl (C=O) groups is 2. The van der Waals surface area contributed by atoms with Crippen LogP contribution in [0.4, 0.5) is 11.4 Å². The lowest BCUT2D eigenvalue weighted by molar-refractivity contribution is 0.0963. The zero-order valence-electron chi connectivity index (χ0n) is 27.0. The quantitative estimate of drug-likeness (QED) is 0.109. The van der Waals surface area contributed by atoms with Gasteiger partial charge in [-0.3, -0.25) is 19.6 Å². The zero-order valence-corrected chi connectivity index (χ0v) is 27.0. The predicted octanol–water partition coefficient (Wildman–Crippen LogP) is 9.20. The van der Waals surface area contributed by atoms with Crippen LogP contribution in [-0.4, -0.2) is 31.5 Å². The molecule has 0 aliphatic carbocycles. The van der Waals surface area contributed by atoms with E-state index in [0.29, 0.717) is 11.1 Å². The Morgan fingerprint density at radius 3 is 1.22 bits per heavy atom. The van der Waals surface area contributed by atoms with Crippen molar-refractivity contribution in [2.24, 2.45) is 0 Å². The Hall–Kier alpha value is -6.80. The van der Waals surface area contributed by atoms with Crippen LogP contribution in [-0.2, 0) is 0 Å². The Kier molecular flexibility index (Phi) is 9.51. The van der Waals surface area contributed by atoms with Crippen LogP contribution in [0.1, 0.15) is 43.9 Å². The minimum Gasteiger partial charge on any atom is -0.371 e. The number of fused-ring (bicyclic) bond motifs is 2. The third-order valence-corrected chi connectivity index (χ3v) is 8.48. The number of hydrogen-bond acceptors (Lipinski definition) is 6. The van der Waals surface area contributed by atoms with Crippen LogP contribution in [0, 0.1) is 0 Å². The van der Waals surface area contributed by atoms with E-state index in [2.05, 4.69) is 30.6 Å². The number of Topliss-reactive ketones (excluding diaryl/α,β-unsaturated/α-hetero) is 2. The second-order valence-corrected chi connectivity index (χ2v) is 11.7. The van der Waals surface area contributed by atoms with Crippen molar-refractivity contribution >= 4 is 44.7 Å². The van der Waals surface area contributed by atoms with Crippen molar-refractivity contribution in [3.8, 4) is 0 Å². The van der Waals surface area contributed by atoms with Crippen molar-refractivity contribution in [3.63, 3.8) is 0 Å². The molecular formula is C42H34N6O2. The number of pyridine rings is 2. The van der Waals surface area contributed by atoms with Gasteiger partial charge in [0.2, 0.25) is 0 Å². The molecule has 0 fully saturated rings. The summed E-state index contributed by atoms with van der Waals surface area (Å²) in [5.74, 6) is 0.0564. The van der Waals surface area contributed by atoms with E-state index in [1.165, 1.54) is 0 Å². The van der Waals surface area contributed by atoms with Crippen LogP contribution in [0.3, 0.4) is 0 Å². The first kappa shape index (κ1) is 31.8. The molecule has 2 atom stereocenters. The van der Waals surface area contributed by atoms with Gasteiger partial charge in [0.25, 0.3) is 0 Å². The third kappa shape index (κ3) is 7.05. The van der Waals surface area contributed by atoms with Crippen molar-refractivity contribution in [1.29, 1.82) is 0 Å². The minimum absolute atomic E-state index is 0.0282. The molecule has 0 aliphatic rings. The Balaban J connectivity index is 0.000000157. The summed E-state index contributed by atoms with van der Waals surface area (Å²) >= 11 is 0. The molecule has 4 aromatic carbocycles. The Bertz CT molecular complexity index is 2150. The van der Waals surface area contributed by atoms with Gasteiger partial charge in [-0.25, -0.2) is 0 Å². The summed E-state index contributed by atoms with van der Waals surface area (Å²) < 4.78 is 0. The molecule has 0 bridgehead atoms. The highest BCUT2D eigenvalue weighted by molar-refractivity contribution is 6.12. The average Bonchev–Trinajstić information content (AvgIpc) is 3.82. The topological polar surface area (TPSA) is 116 Å². The zero-order chi connectivity index (χ0) is 34.1. The maximum atomic E-state index is 13.3. The van der Waals surface area contributed by atoms with Gasteiger partial charge in [-0.1, -0.05) is 97.1 Å². The lowest BCUT2D eigenvalue weighted by Gasteiger charge is -2.19. The second-order valence-electron chi connectivity index (χ2n) is 11.7. The van der Waals surface area contributed by atoms with Gasteiger partial charge in [0.05, 0.1) is 0 Å². The van der Waals surface area contributed by atoms with Crippen molar-refractivity contribution in [3.05, 3.63) is 193 Å². The number of aromatic amines is 2. The van der Waals surface area contributed by atoms with Crippen molar-refractivity contribution in [2.45, 2.75) is 12.1 Å². The number of hydrogen-bond donors (Lipinski definition) is 4. The van der Waals surface area contributed by atoms with E-state index in [9.17, 15) is 9.59 Å². The molecule has 4 aromatic heterocycles. The smallest absolute Gasteiger partial charge is 0.191 e. The maximum Gasteiger partial charge on any atom is 0.191 e. The summed E-state index contributed by atoms with van der Waals surface area (Å²) in [5.41, 5.74) is 6.86. The molecule has 4 heterocycles. The normalized spacial score (nSPS) is 12.0. The van der Waals surface area contributed by atoms with Gasteiger partial charge in [0.15, 0.2) is 11.6 Å². The monoisotopic (exact) mass is 654 g/mol. The molecule has 0 amide bonds. The van der Waals surface area contributed by atoms with Gasteiger partial charge in [-0.2, -0.15) is 0 Å². The fourth-order valence-electron chi connectivity index (χ4n) is 5.98. The lowest BCUT2D eigenvalue weighted by Crippen LogP contribution is -2.21. The fraction of sp³-hybridized carbons (Fsp3) is 0.0476. The highest BCUT2D eigenvalue weighted by atomic mass is 16.1. The summed E-state index contributed by atoms with van der Waals surface area (Å²) in [5, 5.41) is 8.56. The summed E-state index contributed by atoms with van der Waals surface area (Å²) in [4.78, 5) is 41.1. The van der Waals surface area contributed by atoms with Crippen molar-refractivity contribution in [2.75, 3.05) is 10.6 Å². The van der Waals surface area contributed by atoms with E-state index in [1.54, 1.807) is 37.2 Å². The van der Waals surface area contributed by atoms with Gasteiger partial charge in [-0.05, 0) is 47.5 Å². The van der Waals surface area contributed by atoms with Crippen LogP contribution < -0.4 is 10.6 Å². The van der Waals surface area contributed by atoms with Gasteiger partial charge in [0, 0.05) is 81.5 Å². The molecule has 50 heavy (non-hydrogen) atoms. The van der Waals surface area contributed by atoms with E-state index in [-0.39, 0.29) is 11.6 Å². The Morgan fingerprint density at radius 1 is 0.460 bits per heavy atom. The van der Waals surface area contributed by atoms with E-state index < -0.39 is 12.1 Å². The fourth-order valence-corrected chi connectivity index (χ4v) is 5.98. The molecular weight excluding hydrogens is 621 g/mol. The van der Waals surface area contributed by atoms with Gasteiger partial charge in [-0.15, -0.1) is 0 Å². The van der Waals surface area contributed by atoms with Crippen LogP contribution in [0.25, 0.3) is 21.8 Å². The van der Waals surface area contributed by atoms with Crippen LogP contribution in [0.2, 0.25) is 0 Å².